The van der Waals surface area contributed by atoms with Crippen LogP contribution >= 0.6 is 15.9 Å². The van der Waals surface area contributed by atoms with Crippen molar-refractivity contribution in [3.63, 3.8) is 0 Å². The van der Waals surface area contributed by atoms with Crippen LogP contribution in [0.25, 0.3) is 0 Å². The maximum absolute atomic E-state index is 13.0. The van der Waals surface area contributed by atoms with Crippen LogP contribution in [0.1, 0.15) is 16.1 Å². The topological polar surface area (TPSA) is 42.0 Å². The Balaban J connectivity index is 2.02. The number of hydrogen-bond donors (Lipinski definition) is 1. The summed E-state index contributed by atoms with van der Waals surface area (Å²) >= 11 is 3.16. The van der Waals surface area contributed by atoms with E-state index in [0.717, 1.165) is 12.1 Å². The number of hydrogen-bond acceptors (Lipinski definition) is 2. The summed E-state index contributed by atoms with van der Waals surface area (Å²) in [6, 6.07) is 8.42. The highest BCUT2D eigenvalue weighted by molar-refractivity contribution is 9.10. The van der Waals surface area contributed by atoms with Gasteiger partial charge in [0.2, 0.25) is 0 Å². The van der Waals surface area contributed by atoms with Gasteiger partial charge in [-0.25, -0.2) is 13.8 Å². The highest BCUT2D eigenvalue weighted by Gasteiger charge is 2.08. The third-order valence-corrected chi connectivity index (χ3v) is 2.83. The Labute approximate surface area is 116 Å². The van der Waals surface area contributed by atoms with Gasteiger partial charge in [-0.05, 0) is 45.8 Å². The minimum Gasteiger partial charge on any atom is -0.347 e. The van der Waals surface area contributed by atoms with Gasteiger partial charge in [0.25, 0.3) is 5.91 Å². The van der Waals surface area contributed by atoms with E-state index in [0.29, 0.717) is 10.2 Å². The molecular formula is C13H9BrF2N2O. The second kappa shape index (κ2) is 5.88. The number of pyridine rings is 1. The van der Waals surface area contributed by atoms with Crippen LogP contribution in [-0.2, 0) is 6.54 Å². The van der Waals surface area contributed by atoms with Gasteiger partial charge in [0.15, 0.2) is 11.6 Å². The van der Waals surface area contributed by atoms with Crippen LogP contribution in [0.3, 0.4) is 0 Å². The molecule has 0 aliphatic rings. The van der Waals surface area contributed by atoms with Crippen molar-refractivity contribution in [2.75, 3.05) is 0 Å². The first-order chi connectivity index (χ1) is 9.06. The van der Waals surface area contributed by atoms with Gasteiger partial charge in [-0.1, -0.05) is 12.1 Å². The zero-order chi connectivity index (χ0) is 13.8. The molecule has 0 unspecified atom stereocenters. The SMILES string of the molecule is O=C(NCc1ccc(F)c(F)c1)c1cccc(Br)n1. The van der Waals surface area contributed by atoms with Crippen LogP contribution in [-0.4, -0.2) is 10.9 Å². The van der Waals surface area contributed by atoms with Gasteiger partial charge in [0.1, 0.15) is 10.3 Å². The van der Waals surface area contributed by atoms with Gasteiger partial charge in [-0.3, -0.25) is 4.79 Å². The lowest BCUT2D eigenvalue weighted by Crippen LogP contribution is -2.23. The van der Waals surface area contributed by atoms with Crippen LogP contribution in [0.2, 0.25) is 0 Å². The molecule has 0 saturated carbocycles. The van der Waals surface area contributed by atoms with Crippen molar-refractivity contribution >= 4 is 21.8 Å². The zero-order valence-electron chi connectivity index (χ0n) is 9.66. The lowest BCUT2D eigenvalue weighted by molar-refractivity contribution is 0.0945. The Hall–Kier alpha value is -1.82. The van der Waals surface area contributed by atoms with Crippen molar-refractivity contribution in [1.82, 2.24) is 10.3 Å². The molecule has 98 valence electrons. The predicted molar refractivity (Wildman–Crippen MR) is 69.5 cm³/mol. The number of rotatable bonds is 3. The summed E-state index contributed by atoms with van der Waals surface area (Å²) in [5, 5.41) is 2.58. The van der Waals surface area contributed by atoms with Crippen LogP contribution in [0.4, 0.5) is 8.78 Å². The Morgan fingerprint density at radius 2 is 2.00 bits per heavy atom. The highest BCUT2D eigenvalue weighted by Crippen LogP contribution is 2.09. The molecule has 19 heavy (non-hydrogen) atoms. The van der Waals surface area contributed by atoms with Gasteiger partial charge in [0.05, 0.1) is 0 Å². The Kier molecular flexibility index (Phi) is 4.21. The molecule has 1 aromatic carbocycles. The smallest absolute Gasteiger partial charge is 0.270 e. The van der Waals surface area contributed by atoms with Crippen molar-refractivity contribution in [1.29, 1.82) is 0 Å². The lowest BCUT2D eigenvalue weighted by atomic mass is 10.2. The molecule has 0 fully saturated rings. The lowest BCUT2D eigenvalue weighted by Gasteiger charge is -2.05. The van der Waals surface area contributed by atoms with Gasteiger partial charge >= 0.3 is 0 Å². The summed E-state index contributed by atoms with van der Waals surface area (Å²) in [6.45, 7) is 0.101. The van der Waals surface area contributed by atoms with Crippen LogP contribution in [0, 0.1) is 11.6 Å². The molecule has 0 aliphatic heterocycles. The summed E-state index contributed by atoms with van der Waals surface area (Å²) in [6.07, 6.45) is 0. The van der Waals surface area contributed by atoms with Gasteiger partial charge in [0, 0.05) is 6.54 Å². The van der Waals surface area contributed by atoms with Crippen molar-refractivity contribution < 1.29 is 13.6 Å². The quantitative estimate of drug-likeness (QED) is 0.881. The standard InChI is InChI=1S/C13H9BrF2N2O/c14-12-3-1-2-11(18-12)13(19)17-7-8-4-5-9(15)10(16)6-8/h1-6H,7H2,(H,17,19). The molecule has 6 heteroatoms. The third-order valence-electron chi connectivity index (χ3n) is 2.38. The van der Waals surface area contributed by atoms with E-state index in [-0.39, 0.29) is 18.1 Å². The molecule has 3 nitrogen and oxygen atoms in total. The molecular weight excluding hydrogens is 318 g/mol. The summed E-state index contributed by atoms with van der Waals surface area (Å²) in [5.41, 5.74) is 0.721. The van der Waals surface area contributed by atoms with Gasteiger partial charge < -0.3 is 5.32 Å². The van der Waals surface area contributed by atoms with E-state index in [2.05, 4.69) is 26.2 Å². The summed E-state index contributed by atoms with van der Waals surface area (Å²) in [4.78, 5) is 15.7. The number of benzene rings is 1. The maximum atomic E-state index is 13.0. The molecule has 1 N–H and O–H groups in total. The van der Waals surface area contributed by atoms with E-state index in [1.165, 1.54) is 6.07 Å². The van der Waals surface area contributed by atoms with Crippen LogP contribution < -0.4 is 5.32 Å². The van der Waals surface area contributed by atoms with E-state index in [1.807, 2.05) is 0 Å². The average molecular weight is 327 g/mol. The van der Waals surface area contributed by atoms with E-state index in [9.17, 15) is 13.6 Å². The highest BCUT2D eigenvalue weighted by atomic mass is 79.9. The Morgan fingerprint density at radius 3 is 2.68 bits per heavy atom. The number of carbonyl (C=O) groups excluding carboxylic acids is 1. The van der Waals surface area contributed by atoms with Crippen molar-refractivity contribution in [2.24, 2.45) is 0 Å². The van der Waals surface area contributed by atoms with Crippen molar-refractivity contribution in [3.05, 3.63) is 63.9 Å². The fourth-order valence-corrected chi connectivity index (χ4v) is 1.80. The Bertz CT molecular complexity index is 619. The summed E-state index contributed by atoms with van der Waals surface area (Å²) in [7, 11) is 0. The molecule has 1 heterocycles. The molecule has 0 spiro atoms. The fraction of sp³-hybridized carbons (Fsp3) is 0.0769. The molecule has 2 aromatic rings. The van der Waals surface area contributed by atoms with Crippen LogP contribution in [0.5, 0.6) is 0 Å². The third kappa shape index (κ3) is 3.57. The minimum atomic E-state index is -0.938. The van der Waals surface area contributed by atoms with E-state index in [1.54, 1.807) is 18.2 Å². The van der Waals surface area contributed by atoms with Gasteiger partial charge in [-0.15, -0.1) is 0 Å². The monoisotopic (exact) mass is 326 g/mol. The van der Waals surface area contributed by atoms with Crippen molar-refractivity contribution in [2.45, 2.75) is 6.54 Å². The number of nitrogens with zero attached hydrogens (tertiary/aromatic N) is 1. The second-order valence-electron chi connectivity index (χ2n) is 3.78. The molecule has 0 aliphatic carbocycles. The van der Waals surface area contributed by atoms with Crippen molar-refractivity contribution in [3.8, 4) is 0 Å². The molecule has 0 radical (unpaired) electrons. The number of aromatic nitrogens is 1. The molecule has 2 rings (SSSR count). The maximum Gasteiger partial charge on any atom is 0.270 e. The van der Waals surface area contributed by atoms with E-state index < -0.39 is 11.6 Å². The predicted octanol–water partition coefficient (Wildman–Crippen LogP) is 3.05. The summed E-state index contributed by atoms with van der Waals surface area (Å²) < 4.78 is 26.3. The minimum absolute atomic E-state index is 0.101. The number of nitrogens with one attached hydrogen (secondary N) is 1. The number of halogens is 3. The molecule has 1 aromatic heterocycles. The zero-order valence-corrected chi connectivity index (χ0v) is 11.2. The first kappa shape index (κ1) is 13.6. The molecule has 0 saturated heterocycles. The second-order valence-corrected chi connectivity index (χ2v) is 4.59. The number of amides is 1. The largest absolute Gasteiger partial charge is 0.347 e. The molecule has 0 atom stereocenters. The average Bonchev–Trinajstić information content (AvgIpc) is 2.40. The normalized spacial score (nSPS) is 10.3. The Morgan fingerprint density at radius 1 is 1.21 bits per heavy atom. The molecule has 1 amide bonds. The van der Waals surface area contributed by atoms with Crippen LogP contribution in [0.15, 0.2) is 41.0 Å². The van der Waals surface area contributed by atoms with E-state index >= 15 is 0 Å². The summed E-state index contributed by atoms with van der Waals surface area (Å²) in [5.74, 6) is -2.23. The first-order valence-electron chi connectivity index (χ1n) is 5.41. The fourth-order valence-electron chi connectivity index (χ4n) is 1.46. The first-order valence-corrected chi connectivity index (χ1v) is 6.20. The molecule has 0 bridgehead atoms. The van der Waals surface area contributed by atoms with Gasteiger partial charge in [-0.2, -0.15) is 0 Å². The van der Waals surface area contributed by atoms with E-state index in [4.69, 9.17) is 0 Å². The number of carbonyl (C=O) groups is 1.